The number of benzene rings is 1. The van der Waals surface area contributed by atoms with Gasteiger partial charge in [-0.05, 0) is 24.3 Å². The van der Waals surface area contributed by atoms with E-state index in [9.17, 15) is 4.79 Å². The van der Waals surface area contributed by atoms with E-state index in [1.54, 1.807) is 12.1 Å². The van der Waals surface area contributed by atoms with Gasteiger partial charge in [-0.3, -0.25) is 0 Å². The van der Waals surface area contributed by atoms with Gasteiger partial charge in [0.25, 0.3) is 0 Å². The molecule has 4 heteroatoms. The highest BCUT2D eigenvalue weighted by atomic mass is 16.4. The fourth-order valence-corrected chi connectivity index (χ4v) is 2.01. The van der Waals surface area contributed by atoms with Crippen molar-refractivity contribution in [3.8, 4) is 11.3 Å². The number of fused-ring (bicyclic) bond motifs is 1. The Kier molecular flexibility index (Phi) is 2.34. The number of para-hydroxylation sites is 1. The second-order valence-corrected chi connectivity index (χ2v) is 3.97. The van der Waals surface area contributed by atoms with Crippen molar-refractivity contribution >= 4 is 16.9 Å². The summed E-state index contributed by atoms with van der Waals surface area (Å²) < 4.78 is 0. The van der Waals surface area contributed by atoms with Crippen molar-refractivity contribution in [2.75, 3.05) is 0 Å². The molecule has 3 rings (SSSR count). The third kappa shape index (κ3) is 1.64. The Bertz CT molecular complexity index is 698. The Morgan fingerprint density at radius 1 is 1.17 bits per heavy atom. The summed E-state index contributed by atoms with van der Waals surface area (Å²) in [7, 11) is 0. The first kappa shape index (κ1) is 10.5. The number of H-pyrrole nitrogens is 1. The van der Waals surface area contributed by atoms with Crippen LogP contribution in [0, 0.1) is 0 Å². The predicted octanol–water partition coefficient (Wildman–Crippen LogP) is 2.93. The number of rotatable bonds is 2. The smallest absolute Gasteiger partial charge is 0.355 e. The molecule has 0 amide bonds. The summed E-state index contributed by atoms with van der Waals surface area (Å²) >= 11 is 0. The molecule has 0 unspecified atom stereocenters. The maximum atomic E-state index is 11.1. The Morgan fingerprint density at radius 2 is 2.00 bits per heavy atom. The zero-order valence-electron chi connectivity index (χ0n) is 9.42. The molecule has 88 valence electrons. The van der Waals surface area contributed by atoms with Crippen LogP contribution in [0.15, 0.2) is 48.7 Å². The number of hydrogen-bond donors (Lipinski definition) is 2. The molecule has 0 atom stereocenters. The van der Waals surface area contributed by atoms with Crippen molar-refractivity contribution < 1.29 is 9.90 Å². The fourth-order valence-electron chi connectivity index (χ4n) is 2.01. The maximum Gasteiger partial charge on any atom is 0.355 e. The quantitative estimate of drug-likeness (QED) is 0.721. The molecule has 0 aliphatic carbocycles. The van der Waals surface area contributed by atoms with Crippen LogP contribution in [-0.2, 0) is 0 Å². The second-order valence-electron chi connectivity index (χ2n) is 3.97. The Labute approximate surface area is 103 Å². The SMILES string of the molecule is O=C(O)c1ncccc1-c1cc2ccccc2[nH]1. The van der Waals surface area contributed by atoms with Crippen molar-refractivity contribution in [1.29, 1.82) is 0 Å². The zero-order chi connectivity index (χ0) is 12.5. The van der Waals surface area contributed by atoms with Crippen LogP contribution in [0.25, 0.3) is 22.2 Å². The number of aromatic carboxylic acids is 1. The van der Waals surface area contributed by atoms with Crippen molar-refractivity contribution in [1.82, 2.24) is 9.97 Å². The molecule has 3 aromatic rings. The number of hydrogen-bond acceptors (Lipinski definition) is 2. The van der Waals surface area contributed by atoms with E-state index in [1.165, 1.54) is 6.20 Å². The van der Waals surface area contributed by atoms with E-state index < -0.39 is 5.97 Å². The summed E-state index contributed by atoms with van der Waals surface area (Å²) in [4.78, 5) is 18.2. The molecule has 0 fully saturated rings. The van der Waals surface area contributed by atoms with Crippen molar-refractivity contribution in [2.45, 2.75) is 0 Å². The lowest BCUT2D eigenvalue weighted by Crippen LogP contribution is -2.02. The summed E-state index contributed by atoms with van der Waals surface area (Å²) in [5, 5.41) is 10.2. The topological polar surface area (TPSA) is 66.0 Å². The van der Waals surface area contributed by atoms with Gasteiger partial charge in [0.2, 0.25) is 0 Å². The lowest BCUT2D eigenvalue weighted by atomic mass is 10.1. The van der Waals surface area contributed by atoms with E-state index in [-0.39, 0.29) is 5.69 Å². The molecule has 2 aromatic heterocycles. The summed E-state index contributed by atoms with van der Waals surface area (Å²) in [5.74, 6) is -1.02. The van der Waals surface area contributed by atoms with Gasteiger partial charge in [-0.1, -0.05) is 18.2 Å². The van der Waals surface area contributed by atoms with Crippen LogP contribution >= 0.6 is 0 Å². The minimum absolute atomic E-state index is 0.0593. The minimum Gasteiger partial charge on any atom is -0.476 e. The molecule has 0 bridgehead atoms. The summed E-state index contributed by atoms with van der Waals surface area (Å²) in [6.07, 6.45) is 1.48. The van der Waals surface area contributed by atoms with Crippen molar-refractivity contribution in [3.05, 3.63) is 54.4 Å². The Hall–Kier alpha value is -2.62. The van der Waals surface area contributed by atoms with Crippen LogP contribution in [0.4, 0.5) is 0 Å². The van der Waals surface area contributed by atoms with Crippen LogP contribution < -0.4 is 0 Å². The lowest BCUT2D eigenvalue weighted by molar-refractivity contribution is 0.0691. The second kappa shape index (κ2) is 4.00. The molecule has 0 saturated heterocycles. The van der Waals surface area contributed by atoms with Crippen LogP contribution in [0.1, 0.15) is 10.5 Å². The minimum atomic E-state index is -1.02. The predicted molar refractivity (Wildman–Crippen MR) is 68.5 cm³/mol. The molecular weight excluding hydrogens is 228 g/mol. The van der Waals surface area contributed by atoms with E-state index in [0.29, 0.717) is 5.56 Å². The van der Waals surface area contributed by atoms with E-state index >= 15 is 0 Å². The van der Waals surface area contributed by atoms with Crippen LogP contribution in [0.3, 0.4) is 0 Å². The number of nitrogens with one attached hydrogen (secondary N) is 1. The number of aromatic nitrogens is 2. The highest BCUT2D eigenvalue weighted by Gasteiger charge is 2.14. The average Bonchev–Trinajstić information content (AvgIpc) is 2.82. The average molecular weight is 238 g/mol. The summed E-state index contributed by atoms with van der Waals surface area (Å²) in [6.45, 7) is 0. The van der Waals surface area contributed by atoms with Gasteiger partial charge in [0.15, 0.2) is 5.69 Å². The number of carboxylic acid groups (broad SMARTS) is 1. The molecular formula is C14H10N2O2. The van der Waals surface area contributed by atoms with Gasteiger partial charge in [0.1, 0.15) is 0 Å². The number of pyridine rings is 1. The highest BCUT2D eigenvalue weighted by Crippen LogP contribution is 2.25. The Balaban J connectivity index is 2.23. The summed E-state index contributed by atoms with van der Waals surface area (Å²) in [5.41, 5.74) is 2.40. The molecule has 4 nitrogen and oxygen atoms in total. The monoisotopic (exact) mass is 238 g/mol. The molecule has 18 heavy (non-hydrogen) atoms. The molecule has 0 saturated carbocycles. The molecule has 0 radical (unpaired) electrons. The van der Waals surface area contributed by atoms with E-state index in [1.807, 2.05) is 30.3 Å². The number of carboxylic acids is 1. The molecule has 2 N–H and O–H groups in total. The fraction of sp³-hybridized carbons (Fsp3) is 0. The third-order valence-electron chi connectivity index (χ3n) is 2.83. The van der Waals surface area contributed by atoms with Gasteiger partial charge in [0.05, 0.1) is 0 Å². The van der Waals surface area contributed by atoms with Gasteiger partial charge in [-0.2, -0.15) is 0 Å². The van der Waals surface area contributed by atoms with E-state index in [4.69, 9.17) is 5.11 Å². The molecule has 0 aliphatic rings. The van der Waals surface area contributed by atoms with E-state index in [0.717, 1.165) is 16.6 Å². The van der Waals surface area contributed by atoms with Crippen molar-refractivity contribution in [2.24, 2.45) is 0 Å². The standard InChI is InChI=1S/C14H10N2O2/c17-14(18)13-10(5-3-7-15-13)12-8-9-4-1-2-6-11(9)16-12/h1-8,16H,(H,17,18). The van der Waals surface area contributed by atoms with E-state index in [2.05, 4.69) is 9.97 Å². The van der Waals surface area contributed by atoms with Crippen molar-refractivity contribution in [3.63, 3.8) is 0 Å². The van der Waals surface area contributed by atoms with Crippen LogP contribution in [0.2, 0.25) is 0 Å². The number of nitrogens with zero attached hydrogens (tertiary/aromatic N) is 1. The van der Waals surface area contributed by atoms with Gasteiger partial charge in [-0.15, -0.1) is 0 Å². The molecule has 2 heterocycles. The normalized spacial score (nSPS) is 10.7. The highest BCUT2D eigenvalue weighted by molar-refractivity contribution is 5.95. The molecule has 1 aromatic carbocycles. The van der Waals surface area contributed by atoms with Crippen LogP contribution in [-0.4, -0.2) is 21.0 Å². The summed E-state index contributed by atoms with van der Waals surface area (Å²) in [6, 6.07) is 13.2. The number of carbonyl (C=O) groups is 1. The molecule has 0 aliphatic heterocycles. The van der Waals surface area contributed by atoms with Gasteiger partial charge >= 0.3 is 5.97 Å². The van der Waals surface area contributed by atoms with Gasteiger partial charge in [0, 0.05) is 28.4 Å². The number of aromatic amines is 1. The maximum absolute atomic E-state index is 11.1. The molecule has 0 spiro atoms. The zero-order valence-corrected chi connectivity index (χ0v) is 9.42. The van der Waals surface area contributed by atoms with Gasteiger partial charge in [-0.25, -0.2) is 9.78 Å². The third-order valence-corrected chi connectivity index (χ3v) is 2.83. The lowest BCUT2D eigenvalue weighted by Gasteiger charge is -2.01. The first-order valence-electron chi connectivity index (χ1n) is 5.52. The van der Waals surface area contributed by atoms with Crippen LogP contribution in [0.5, 0.6) is 0 Å². The first-order valence-corrected chi connectivity index (χ1v) is 5.52. The first-order chi connectivity index (χ1) is 8.75. The largest absolute Gasteiger partial charge is 0.476 e. The Morgan fingerprint density at radius 3 is 2.78 bits per heavy atom. The van der Waals surface area contributed by atoms with Gasteiger partial charge < -0.3 is 10.1 Å².